The van der Waals surface area contributed by atoms with Crippen LogP contribution in [0.4, 0.5) is 4.39 Å². The predicted molar refractivity (Wildman–Crippen MR) is 147 cm³/mol. The molecule has 3 aromatic rings. The highest BCUT2D eigenvalue weighted by molar-refractivity contribution is 7.89. The van der Waals surface area contributed by atoms with Gasteiger partial charge in [-0.15, -0.1) is 0 Å². The van der Waals surface area contributed by atoms with E-state index in [1.165, 1.54) is 22.8 Å². The van der Waals surface area contributed by atoms with E-state index in [0.717, 1.165) is 23.2 Å². The lowest BCUT2D eigenvalue weighted by atomic mass is 9.84. The minimum atomic E-state index is -3.60. The number of nitrogens with one attached hydrogen (secondary N) is 1. The fraction of sp³-hybridized carbons (Fsp3) is 0.400. The number of hydrogen-bond donors (Lipinski definition) is 1. The molecule has 0 aliphatic heterocycles. The molecule has 0 aliphatic rings. The molecule has 3 aromatic carbocycles. The molecule has 0 fully saturated rings. The number of rotatable bonds is 10. The summed E-state index contributed by atoms with van der Waals surface area (Å²) in [4.78, 5) is 2.32. The smallest absolute Gasteiger partial charge is 0.240 e. The third-order valence-electron chi connectivity index (χ3n) is 6.45. The zero-order chi connectivity index (χ0) is 26.6. The molecule has 4 nitrogen and oxygen atoms in total. The quantitative estimate of drug-likeness (QED) is 0.333. The lowest BCUT2D eigenvalue weighted by molar-refractivity contribution is 0.402. The van der Waals surface area contributed by atoms with Crippen molar-refractivity contribution in [1.29, 1.82) is 0 Å². The van der Waals surface area contributed by atoms with E-state index >= 15 is 0 Å². The molecule has 1 N–H and O–H groups in total. The van der Waals surface area contributed by atoms with Gasteiger partial charge in [-0.25, -0.2) is 17.5 Å². The third-order valence-corrected chi connectivity index (χ3v) is 7.93. The van der Waals surface area contributed by atoms with Crippen molar-refractivity contribution in [3.8, 4) is 11.1 Å². The summed E-state index contributed by atoms with van der Waals surface area (Å²) in [5, 5.41) is 0. The molecule has 0 saturated heterocycles. The maximum atomic E-state index is 13.9. The Morgan fingerprint density at radius 2 is 1.44 bits per heavy atom. The highest BCUT2D eigenvalue weighted by Gasteiger charge is 2.19. The zero-order valence-electron chi connectivity index (χ0n) is 22.5. The van der Waals surface area contributed by atoms with Crippen LogP contribution in [0.2, 0.25) is 0 Å². The molecule has 0 bridgehead atoms. The van der Waals surface area contributed by atoms with Gasteiger partial charge in [0.05, 0.1) is 4.90 Å². The van der Waals surface area contributed by atoms with E-state index < -0.39 is 10.0 Å². The van der Waals surface area contributed by atoms with Crippen LogP contribution in [0.25, 0.3) is 11.1 Å². The van der Waals surface area contributed by atoms with Gasteiger partial charge < -0.3 is 4.90 Å². The van der Waals surface area contributed by atoms with Gasteiger partial charge in [-0.2, -0.15) is 0 Å². The first-order valence-electron chi connectivity index (χ1n) is 12.6. The van der Waals surface area contributed by atoms with Crippen LogP contribution in [0, 0.1) is 12.7 Å². The monoisotopic (exact) mass is 510 g/mol. The first-order valence-corrected chi connectivity index (χ1v) is 14.0. The molecule has 0 unspecified atom stereocenters. The average molecular weight is 511 g/mol. The van der Waals surface area contributed by atoms with Crippen molar-refractivity contribution < 1.29 is 12.8 Å². The summed E-state index contributed by atoms with van der Waals surface area (Å²) in [5.74, 6) is 0.322. The molecule has 0 saturated carbocycles. The molecule has 194 valence electrons. The van der Waals surface area contributed by atoms with Gasteiger partial charge in [0.1, 0.15) is 5.82 Å². The molecule has 0 atom stereocenters. The van der Waals surface area contributed by atoms with E-state index in [2.05, 4.69) is 44.5 Å². The van der Waals surface area contributed by atoms with Gasteiger partial charge in [-0.1, -0.05) is 58.0 Å². The predicted octanol–water partition coefficient (Wildman–Crippen LogP) is 6.63. The van der Waals surface area contributed by atoms with Crippen LogP contribution < -0.4 is 4.72 Å². The first kappa shape index (κ1) is 28.0. The van der Waals surface area contributed by atoms with Crippen molar-refractivity contribution in [3.05, 3.63) is 88.2 Å². The van der Waals surface area contributed by atoms with Crippen LogP contribution >= 0.6 is 0 Å². The molecule has 36 heavy (non-hydrogen) atoms. The normalized spacial score (nSPS) is 12.2. The fourth-order valence-corrected chi connectivity index (χ4v) is 5.59. The van der Waals surface area contributed by atoms with Crippen molar-refractivity contribution in [2.24, 2.45) is 0 Å². The maximum absolute atomic E-state index is 13.9. The number of sulfonamides is 1. The van der Waals surface area contributed by atoms with Gasteiger partial charge in [0.15, 0.2) is 0 Å². The van der Waals surface area contributed by atoms with Gasteiger partial charge in [0, 0.05) is 13.1 Å². The highest BCUT2D eigenvalue weighted by atomic mass is 32.2. The van der Waals surface area contributed by atoms with Crippen molar-refractivity contribution in [2.45, 2.75) is 64.3 Å². The van der Waals surface area contributed by atoms with Crippen molar-refractivity contribution in [3.63, 3.8) is 0 Å². The van der Waals surface area contributed by atoms with E-state index in [1.807, 2.05) is 43.3 Å². The summed E-state index contributed by atoms with van der Waals surface area (Å²) < 4.78 is 42.5. The number of nitrogens with zero attached hydrogens (tertiary/aromatic N) is 1. The van der Waals surface area contributed by atoms with E-state index in [1.54, 1.807) is 19.1 Å². The van der Waals surface area contributed by atoms with Crippen molar-refractivity contribution in [2.75, 3.05) is 20.6 Å². The molecule has 0 aromatic heterocycles. The van der Waals surface area contributed by atoms with Crippen LogP contribution in [-0.4, -0.2) is 34.0 Å². The molecular formula is C30H39FN2O2S. The number of hydrogen-bond acceptors (Lipinski definition) is 3. The topological polar surface area (TPSA) is 49.4 Å². The molecule has 6 heteroatoms. The van der Waals surface area contributed by atoms with Crippen LogP contribution in [-0.2, 0) is 23.0 Å². The summed E-state index contributed by atoms with van der Waals surface area (Å²) in [7, 11) is 0.364. The molecule has 0 radical (unpaired) electrons. The summed E-state index contributed by atoms with van der Waals surface area (Å²) in [5.41, 5.74) is 7.33. The molecule has 0 amide bonds. The van der Waals surface area contributed by atoms with Crippen molar-refractivity contribution >= 4 is 10.0 Å². The summed E-state index contributed by atoms with van der Waals surface area (Å²) in [6, 6.07) is 16.6. The molecule has 0 heterocycles. The standard InChI is InChI=1S/C30H39FN2O2S/c1-20(2)28-17-25(24-10-13-30(31)22(5)16-24)18-29(21(3)4)27(28)14-15-32-36(34,35)26-11-8-23(9-12-26)19-33(6)7/h8-13,16-18,20-21,32H,14-15,19H2,1-7H3. The van der Waals surface area contributed by atoms with E-state index in [4.69, 9.17) is 0 Å². The second kappa shape index (κ2) is 11.7. The number of benzene rings is 3. The van der Waals surface area contributed by atoms with Crippen molar-refractivity contribution in [1.82, 2.24) is 9.62 Å². The highest BCUT2D eigenvalue weighted by Crippen LogP contribution is 2.34. The van der Waals surface area contributed by atoms with Gasteiger partial charge in [0.25, 0.3) is 0 Å². The van der Waals surface area contributed by atoms with Gasteiger partial charge in [0.2, 0.25) is 10.0 Å². The average Bonchev–Trinajstić information content (AvgIpc) is 2.80. The Balaban J connectivity index is 1.86. The van der Waals surface area contributed by atoms with Gasteiger partial charge >= 0.3 is 0 Å². The second-order valence-corrected chi connectivity index (χ2v) is 12.2. The first-order chi connectivity index (χ1) is 16.9. The Kier molecular flexibility index (Phi) is 9.09. The molecular weight excluding hydrogens is 471 g/mol. The summed E-state index contributed by atoms with van der Waals surface area (Å²) in [6.45, 7) is 11.5. The Morgan fingerprint density at radius 3 is 1.94 bits per heavy atom. The Labute approximate surface area is 216 Å². The summed E-state index contributed by atoms with van der Waals surface area (Å²) >= 11 is 0. The van der Waals surface area contributed by atoms with E-state index in [-0.39, 0.29) is 22.5 Å². The fourth-order valence-electron chi connectivity index (χ4n) is 4.56. The van der Waals surface area contributed by atoms with Gasteiger partial charge in [-0.05, 0) is 102 Å². The molecule has 0 spiro atoms. The third kappa shape index (κ3) is 6.81. The molecule has 0 aliphatic carbocycles. The Morgan fingerprint density at radius 1 is 0.861 bits per heavy atom. The maximum Gasteiger partial charge on any atom is 0.240 e. The lowest BCUT2D eigenvalue weighted by Gasteiger charge is -2.22. The minimum absolute atomic E-state index is 0.205. The second-order valence-electron chi connectivity index (χ2n) is 10.4. The Hall–Kier alpha value is -2.54. The van der Waals surface area contributed by atoms with Crippen LogP contribution in [0.3, 0.4) is 0 Å². The van der Waals surface area contributed by atoms with Gasteiger partial charge in [-0.3, -0.25) is 0 Å². The number of halogens is 1. The lowest BCUT2D eigenvalue weighted by Crippen LogP contribution is -2.26. The van der Waals surface area contributed by atoms with E-state index in [9.17, 15) is 12.8 Å². The minimum Gasteiger partial charge on any atom is -0.305 e. The zero-order valence-corrected chi connectivity index (χ0v) is 23.3. The van der Waals surface area contributed by atoms with Crippen LogP contribution in [0.5, 0.6) is 0 Å². The number of aryl methyl sites for hydroxylation is 1. The Bertz CT molecular complexity index is 1270. The SMILES string of the molecule is Cc1cc(-c2cc(C(C)C)c(CCNS(=O)(=O)c3ccc(CN(C)C)cc3)c(C(C)C)c2)ccc1F. The molecule has 3 rings (SSSR count). The van der Waals surface area contributed by atoms with Crippen LogP contribution in [0.15, 0.2) is 59.5 Å². The summed E-state index contributed by atoms with van der Waals surface area (Å²) in [6.07, 6.45) is 0.599. The van der Waals surface area contributed by atoms with Crippen LogP contribution in [0.1, 0.15) is 67.3 Å². The largest absolute Gasteiger partial charge is 0.305 e. The van der Waals surface area contributed by atoms with E-state index in [0.29, 0.717) is 18.5 Å².